The SMILES string of the molecule is COc1ccccc1NC(=O)COc1cc(/C=C/C(=O)c2cc(OC)c(OC)c(OC)c2)ccc1OC. The molecule has 0 aliphatic carbocycles. The normalized spacial score (nSPS) is 10.5. The Hall–Kier alpha value is -4.66. The molecule has 1 amide bonds. The van der Waals surface area contributed by atoms with E-state index >= 15 is 0 Å². The lowest BCUT2D eigenvalue weighted by molar-refractivity contribution is -0.118. The summed E-state index contributed by atoms with van der Waals surface area (Å²) < 4.78 is 32.2. The van der Waals surface area contributed by atoms with Crippen LogP contribution in [0, 0.1) is 0 Å². The van der Waals surface area contributed by atoms with Crippen LogP contribution in [0.25, 0.3) is 6.08 Å². The summed E-state index contributed by atoms with van der Waals surface area (Å²) >= 11 is 0. The van der Waals surface area contributed by atoms with E-state index in [1.165, 1.54) is 41.6 Å². The lowest BCUT2D eigenvalue weighted by Gasteiger charge is -2.13. The van der Waals surface area contributed by atoms with E-state index in [4.69, 9.17) is 28.4 Å². The highest BCUT2D eigenvalue weighted by molar-refractivity contribution is 6.07. The third kappa shape index (κ3) is 6.72. The first kappa shape index (κ1) is 26.9. The van der Waals surface area contributed by atoms with Crippen molar-refractivity contribution in [3.05, 3.63) is 71.8 Å². The average molecular weight is 508 g/mol. The lowest BCUT2D eigenvalue weighted by Crippen LogP contribution is -2.20. The van der Waals surface area contributed by atoms with Crippen molar-refractivity contribution >= 4 is 23.5 Å². The third-order valence-electron chi connectivity index (χ3n) is 5.30. The number of para-hydroxylation sites is 2. The smallest absolute Gasteiger partial charge is 0.262 e. The van der Waals surface area contributed by atoms with Crippen LogP contribution in [0.5, 0.6) is 34.5 Å². The topological polar surface area (TPSA) is 102 Å². The van der Waals surface area contributed by atoms with Gasteiger partial charge in [-0.2, -0.15) is 0 Å². The van der Waals surface area contributed by atoms with Gasteiger partial charge in [-0.25, -0.2) is 0 Å². The van der Waals surface area contributed by atoms with Crippen molar-refractivity contribution in [3.8, 4) is 34.5 Å². The van der Waals surface area contributed by atoms with Crippen molar-refractivity contribution < 1.29 is 38.0 Å². The minimum absolute atomic E-state index is 0.258. The molecule has 0 radical (unpaired) electrons. The Morgan fingerprint density at radius 2 is 1.38 bits per heavy atom. The first-order valence-electron chi connectivity index (χ1n) is 11.2. The molecule has 3 aromatic carbocycles. The number of methoxy groups -OCH3 is 5. The number of ether oxygens (including phenoxy) is 6. The molecule has 0 saturated carbocycles. The van der Waals surface area contributed by atoms with E-state index in [1.54, 1.807) is 60.7 Å². The number of anilines is 1. The fourth-order valence-electron chi connectivity index (χ4n) is 3.48. The minimum atomic E-state index is -0.370. The highest BCUT2D eigenvalue weighted by Gasteiger charge is 2.16. The second-order valence-electron chi connectivity index (χ2n) is 7.56. The van der Waals surface area contributed by atoms with Gasteiger partial charge in [0.1, 0.15) is 5.75 Å². The molecule has 0 aromatic heterocycles. The maximum Gasteiger partial charge on any atom is 0.262 e. The number of rotatable bonds is 12. The zero-order chi connectivity index (χ0) is 26.8. The van der Waals surface area contributed by atoms with Gasteiger partial charge in [-0.15, -0.1) is 0 Å². The largest absolute Gasteiger partial charge is 0.495 e. The van der Waals surface area contributed by atoms with E-state index in [2.05, 4.69) is 5.32 Å². The van der Waals surface area contributed by atoms with Crippen LogP contribution in [0.3, 0.4) is 0 Å². The molecule has 3 rings (SSSR count). The van der Waals surface area contributed by atoms with Gasteiger partial charge in [-0.1, -0.05) is 24.3 Å². The predicted octanol–water partition coefficient (Wildman–Crippen LogP) is 4.64. The van der Waals surface area contributed by atoms with Crippen LogP contribution in [0.1, 0.15) is 15.9 Å². The van der Waals surface area contributed by atoms with Crippen LogP contribution in [0.4, 0.5) is 5.69 Å². The Kier molecular flexibility index (Phi) is 9.37. The van der Waals surface area contributed by atoms with Crippen LogP contribution in [0.15, 0.2) is 60.7 Å². The van der Waals surface area contributed by atoms with Gasteiger partial charge in [-0.05, 0) is 48.0 Å². The standard InChI is InChI=1S/C28H29NO8/c1-32-22-9-7-6-8-20(22)29-27(31)17-37-24-14-18(11-13-23(24)33-2)10-12-21(30)19-15-25(34-3)28(36-5)26(16-19)35-4/h6-16H,17H2,1-5H3,(H,29,31)/b12-10+. The Morgan fingerprint density at radius 3 is 2.00 bits per heavy atom. The number of carbonyl (C=O) groups is 2. The number of carbonyl (C=O) groups excluding carboxylic acids is 2. The van der Waals surface area contributed by atoms with Crippen LogP contribution in [0.2, 0.25) is 0 Å². The lowest BCUT2D eigenvalue weighted by atomic mass is 10.1. The molecule has 0 saturated heterocycles. The highest BCUT2D eigenvalue weighted by Crippen LogP contribution is 2.38. The summed E-state index contributed by atoms with van der Waals surface area (Å²) in [5, 5.41) is 2.75. The molecule has 194 valence electrons. The molecule has 9 nitrogen and oxygen atoms in total. The zero-order valence-corrected chi connectivity index (χ0v) is 21.3. The van der Waals surface area contributed by atoms with E-state index in [9.17, 15) is 9.59 Å². The molecule has 0 spiro atoms. The molecule has 0 fully saturated rings. The van der Waals surface area contributed by atoms with Crippen LogP contribution in [-0.2, 0) is 4.79 Å². The van der Waals surface area contributed by atoms with E-state index in [-0.39, 0.29) is 18.3 Å². The predicted molar refractivity (Wildman–Crippen MR) is 140 cm³/mol. The Labute approximate surface area is 215 Å². The van der Waals surface area contributed by atoms with Crippen LogP contribution >= 0.6 is 0 Å². The minimum Gasteiger partial charge on any atom is -0.495 e. The Balaban J connectivity index is 1.74. The van der Waals surface area contributed by atoms with Gasteiger partial charge in [0.25, 0.3) is 5.91 Å². The molecular weight excluding hydrogens is 478 g/mol. The summed E-state index contributed by atoms with van der Waals surface area (Å²) in [5.74, 6) is 1.85. The van der Waals surface area contributed by atoms with Gasteiger partial charge >= 0.3 is 0 Å². The quantitative estimate of drug-likeness (QED) is 0.279. The molecule has 0 bridgehead atoms. The maximum absolute atomic E-state index is 12.8. The van der Waals surface area contributed by atoms with Gasteiger partial charge < -0.3 is 33.7 Å². The second-order valence-corrected chi connectivity index (χ2v) is 7.56. The molecule has 0 aliphatic rings. The molecule has 0 heterocycles. The molecule has 0 unspecified atom stereocenters. The highest BCUT2D eigenvalue weighted by atomic mass is 16.5. The summed E-state index contributed by atoms with van der Waals surface area (Å²) in [7, 11) is 7.49. The first-order chi connectivity index (χ1) is 17.9. The van der Waals surface area contributed by atoms with Crippen molar-refractivity contribution in [3.63, 3.8) is 0 Å². The average Bonchev–Trinajstić information content (AvgIpc) is 2.94. The first-order valence-corrected chi connectivity index (χ1v) is 11.2. The number of nitrogens with one attached hydrogen (secondary N) is 1. The Morgan fingerprint density at radius 1 is 0.730 bits per heavy atom. The number of benzene rings is 3. The molecule has 0 aliphatic heterocycles. The van der Waals surface area contributed by atoms with Gasteiger partial charge in [0.05, 0.1) is 41.2 Å². The molecule has 3 aromatic rings. The monoisotopic (exact) mass is 507 g/mol. The summed E-state index contributed by atoms with van der Waals surface area (Å²) in [6.45, 7) is -0.258. The van der Waals surface area contributed by atoms with Gasteiger partial charge in [-0.3, -0.25) is 9.59 Å². The Bertz CT molecular complexity index is 1260. The maximum atomic E-state index is 12.8. The zero-order valence-electron chi connectivity index (χ0n) is 21.3. The number of allylic oxidation sites excluding steroid dienone is 1. The van der Waals surface area contributed by atoms with Gasteiger partial charge in [0, 0.05) is 5.56 Å². The van der Waals surface area contributed by atoms with E-state index < -0.39 is 0 Å². The van der Waals surface area contributed by atoms with Gasteiger partial charge in [0.15, 0.2) is 35.4 Å². The summed E-state index contributed by atoms with van der Waals surface area (Å²) in [4.78, 5) is 25.3. The fraction of sp³-hybridized carbons (Fsp3) is 0.214. The number of hydrogen-bond donors (Lipinski definition) is 1. The van der Waals surface area contributed by atoms with Crippen molar-refractivity contribution in [2.75, 3.05) is 47.5 Å². The molecule has 37 heavy (non-hydrogen) atoms. The van der Waals surface area contributed by atoms with E-state index in [1.807, 2.05) is 0 Å². The summed E-state index contributed by atoms with van der Waals surface area (Å²) in [6.07, 6.45) is 3.05. The molecule has 0 atom stereocenters. The molecule has 9 heteroatoms. The van der Waals surface area contributed by atoms with Gasteiger partial charge in [0.2, 0.25) is 5.75 Å². The molecular formula is C28H29NO8. The van der Waals surface area contributed by atoms with E-state index in [0.717, 1.165) is 0 Å². The van der Waals surface area contributed by atoms with Crippen molar-refractivity contribution in [1.29, 1.82) is 0 Å². The van der Waals surface area contributed by atoms with Crippen molar-refractivity contribution in [1.82, 2.24) is 0 Å². The van der Waals surface area contributed by atoms with Crippen LogP contribution in [-0.4, -0.2) is 53.8 Å². The van der Waals surface area contributed by atoms with Crippen molar-refractivity contribution in [2.45, 2.75) is 0 Å². The number of ketones is 1. The second kappa shape index (κ2) is 12.9. The van der Waals surface area contributed by atoms with Crippen LogP contribution < -0.4 is 33.7 Å². The fourth-order valence-corrected chi connectivity index (χ4v) is 3.48. The molecule has 1 N–H and O–H groups in total. The van der Waals surface area contributed by atoms with E-state index in [0.29, 0.717) is 51.3 Å². The number of amides is 1. The number of hydrogen-bond acceptors (Lipinski definition) is 8. The third-order valence-corrected chi connectivity index (χ3v) is 5.30. The summed E-state index contributed by atoms with van der Waals surface area (Å²) in [6, 6.07) is 15.4. The van der Waals surface area contributed by atoms with Crippen molar-refractivity contribution in [2.24, 2.45) is 0 Å². The summed E-state index contributed by atoms with van der Waals surface area (Å²) in [5.41, 5.74) is 1.57.